The van der Waals surface area contributed by atoms with E-state index in [2.05, 4.69) is 16.9 Å². The van der Waals surface area contributed by atoms with E-state index in [1.54, 1.807) is 18.3 Å². The van der Waals surface area contributed by atoms with Crippen molar-refractivity contribution in [1.29, 1.82) is 0 Å². The molecule has 0 atom stereocenters. The Morgan fingerprint density at radius 2 is 2.22 bits per heavy atom. The lowest BCUT2D eigenvalue weighted by Crippen LogP contribution is -2.11. The third-order valence-electron chi connectivity index (χ3n) is 2.60. The first-order valence-corrected chi connectivity index (χ1v) is 6.23. The highest BCUT2D eigenvalue weighted by atomic mass is 35.5. The summed E-state index contributed by atoms with van der Waals surface area (Å²) in [7, 11) is 0. The fourth-order valence-electron chi connectivity index (χ4n) is 1.73. The Kier molecular flexibility index (Phi) is 4.10. The van der Waals surface area contributed by atoms with Gasteiger partial charge in [0.1, 0.15) is 11.5 Å². The van der Waals surface area contributed by atoms with Crippen LogP contribution in [0.2, 0.25) is 5.02 Å². The first-order valence-electron chi connectivity index (χ1n) is 5.85. The number of hydrogen-bond donors (Lipinski definition) is 0. The molecule has 94 valence electrons. The molecule has 0 saturated carbocycles. The zero-order chi connectivity index (χ0) is 13.0. The Morgan fingerprint density at radius 1 is 1.39 bits per heavy atom. The van der Waals surface area contributed by atoms with E-state index in [0.29, 0.717) is 10.7 Å². The standard InChI is InChI=1S/C13H14ClN3O/c1-2-6-17-7-5-15-13(17)8-12(18)11-4-3-10(14)9-16-11/h3-5,7,9H,2,6,8H2,1H3. The molecule has 0 bridgehead atoms. The fraction of sp³-hybridized carbons (Fsp3) is 0.308. The second kappa shape index (κ2) is 5.78. The number of nitrogens with zero attached hydrogens (tertiary/aromatic N) is 3. The molecule has 2 heterocycles. The van der Waals surface area contributed by atoms with Crippen LogP contribution in [0.15, 0.2) is 30.7 Å². The fourth-order valence-corrected chi connectivity index (χ4v) is 1.84. The van der Waals surface area contributed by atoms with E-state index < -0.39 is 0 Å². The van der Waals surface area contributed by atoms with Crippen LogP contribution in [0.1, 0.15) is 29.7 Å². The minimum absolute atomic E-state index is 0.0461. The van der Waals surface area contributed by atoms with Crippen LogP contribution in [0.5, 0.6) is 0 Å². The van der Waals surface area contributed by atoms with Gasteiger partial charge in [-0.25, -0.2) is 4.98 Å². The van der Waals surface area contributed by atoms with Gasteiger partial charge in [-0.3, -0.25) is 9.78 Å². The van der Waals surface area contributed by atoms with E-state index in [0.717, 1.165) is 18.8 Å². The molecule has 0 radical (unpaired) electrons. The van der Waals surface area contributed by atoms with Gasteiger partial charge in [-0.05, 0) is 18.6 Å². The van der Waals surface area contributed by atoms with Crippen LogP contribution in [-0.2, 0) is 13.0 Å². The normalized spacial score (nSPS) is 10.6. The molecular formula is C13H14ClN3O. The molecule has 0 unspecified atom stereocenters. The summed E-state index contributed by atoms with van der Waals surface area (Å²) in [4.78, 5) is 20.2. The highest BCUT2D eigenvalue weighted by Gasteiger charge is 2.12. The van der Waals surface area contributed by atoms with E-state index in [4.69, 9.17) is 11.6 Å². The molecule has 18 heavy (non-hydrogen) atoms. The number of aromatic nitrogens is 3. The van der Waals surface area contributed by atoms with E-state index in [1.807, 2.05) is 10.8 Å². The molecule has 0 aliphatic rings. The topological polar surface area (TPSA) is 47.8 Å². The lowest BCUT2D eigenvalue weighted by Gasteiger charge is -2.05. The maximum atomic E-state index is 12.0. The van der Waals surface area contributed by atoms with E-state index in [9.17, 15) is 4.79 Å². The quantitative estimate of drug-likeness (QED) is 0.780. The Labute approximate surface area is 111 Å². The zero-order valence-corrected chi connectivity index (χ0v) is 10.9. The van der Waals surface area contributed by atoms with Gasteiger partial charge in [-0.1, -0.05) is 18.5 Å². The van der Waals surface area contributed by atoms with Crippen molar-refractivity contribution in [2.24, 2.45) is 0 Å². The summed E-state index contributed by atoms with van der Waals surface area (Å²) in [6, 6.07) is 3.30. The van der Waals surface area contributed by atoms with Crippen molar-refractivity contribution in [3.63, 3.8) is 0 Å². The molecule has 2 aromatic heterocycles. The summed E-state index contributed by atoms with van der Waals surface area (Å²) in [5, 5.41) is 0.527. The monoisotopic (exact) mass is 263 g/mol. The van der Waals surface area contributed by atoms with Gasteiger partial charge in [-0.2, -0.15) is 0 Å². The van der Waals surface area contributed by atoms with Gasteiger partial charge >= 0.3 is 0 Å². The predicted molar refractivity (Wildman–Crippen MR) is 69.8 cm³/mol. The second-order valence-electron chi connectivity index (χ2n) is 4.00. The molecule has 0 N–H and O–H groups in total. The summed E-state index contributed by atoms with van der Waals surface area (Å²) in [6.07, 6.45) is 6.36. The lowest BCUT2D eigenvalue weighted by atomic mass is 10.2. The average molecular weight is 264 g/mol. The van der Waals surface area contributed by atoms with Gasteiger partial charge < -0.3 is 4.57 Å². The number of aryl methyl sites for hydroxylation is 1. The molecule has 5 heteroatoms. The van der Waals surface area contributed by atoms with Crippen molar-refractivity contribution in [1.82, 2.24) is 14.5 Å². The molecule has 0 amide bonds. The molecule has 0 fully saturated rings. The zero-order valence-electron chi connectivity index (χ0n) is 10.1. The largest absolute Gasteiger partial charge is 0.335 e. The van der Waals surface area contributed by atoms with Crippen LogP contribution >= 0.6 is 11.6 Å². The van der Waals surface area contributed by atoms with Crippen LogP contribution in [0, 0.1) is 0 Å². The summed E-state index contributed by atoms with van der Waals surface area (Å²) in [5.74, 6) is 0.730. The van der Waals surface area contributed by atoms with Crippen molar-refractivity contribution in [2.45, 2.75) is 26.3 Å². The Balaban J connectivity index is 2.11. The molecule has 2 rings (SSSR count). The Hall–Kier alpha value is -1.68. The smallest absolute Gasteiger partial charge is 0.188 e. The lowest BCUT2D eigenvalue weighted by molar-refractivity contribution is 0.0985. The van der Waals surface area contributed by atoms with Crippen LogP contribution in [-0.4, -0.2) is 20.3 Å². The van der Waals surface area contributed by atoms with Crippen molar-refractivity contribution in [3.05, 3.63) is 47.3 Å². The molecule has 0 saturated heterocycles. The first kappa shape index (κ1) is 12.8. The third-order valence-corrected chi connectivity index (χ3v) is 2.82. The number of ketones is 1. The van der Waals surface area contributed by atoms with E-state index in [1.165, 1.54) is 6.20 Å². The Morgan fingerprint density at radius 3 is 2.89 bits per heavy atom. The molecular weight excluding hydrogens is 250 g/mol. The summed E-state index contributed by atoms with van der Waals surface area (Å²) >= 11 is 5.74. The van der Waals surface area contributed by atoms with Crippen LogP contribution in [0.25, 0.3) is 0 Å². The van der Waals surface area contributed by atoms with E-state index in [-0.39, 0.29) is 12.2 Å². The maximum Gasteiger partial charge on any atom is 0.188 e. The number of pyridine rings is 1. The number of halogens is 1. The number of imidazole rings is 1. The minimum atomic E-state index is -0.0461. The van der Waals surface area contributed by atoms with Crippen molar-refractivity contribution in [3.8, 4) is 0 Å². The number of rotatable bonds is 5. The van der Waals surface area contributed by atoms with Gasteiger partial charge in [0.05, 0.1) is 11.4 Å². The highest BCUT2D eigenvalue weighted by Crippen LogP contribution is 2.09. The number of carbonyl (C=O) groups excluding carboxylic acids is 1. The molecule has 4 nitrogen and oxygen atoms in total. The van der Waals surface area contributed by atoms with Gasteiger partial charge in [-0.15, -0.1) is 0 Å². The van der Waals surface area contributed by atoms with Gasteiger partial charge in [0.25, 0.3) is 0 Å². The van der Waals surface area contributed by atoms with Crippen molar-refractivity contribution < 1.29 is 4.79 Å². The van der Waals surface area contributed by atoms with Gasteiger partial charge in [0.2, 0.25) is 0 Å². The van der Waals surface area contributed by atoms with E-state index >= 15 is 0 Å². The minimum Gasteiger partial charge on any atom is -0.335 e. The average Bonchev–Trinajstić information content (AvgIpc) is 2.78. The summed E-state index contributed by atoms with van der Waals surface area (Å²) in [5.41, 5.74) is 0.422. The Bertz CT molecular complexity index is 533. The number of carbonyl (C=O) groups is 1. The van der Waals surface area contributed by atoms with Gasteiger partial charge in [0.15, 0.2) is 5.78 Å². The molecule has 0 aromatic carbocycles. The highest BCUT2D eigenvalue weighted by molar-refractivity contribution is 6.30. The maximum absolute atomic E-state index is 12.0. The number of Topliss-reactive ketones (excluding diaryl/α,β-unsaturated/α-hetero) is 1. The van der Waals surface area contributed by atoms with Crippen molar-refractivity contribution >= 4 is 17.4 Å². The summed E-state index contributed by atoms with van der Waals surface area (Å²) in [6.45, 7) is 2.96. The second-order valence-corrected chi connectivity index (χ2v) is 4.43. The molecule has 0 spiro atoms. The summed E-state index contributed by atoms with van der Waals surface area (Å²) < 4.78 is 1.99. The van der Waals surface area contributed by atoms with Crippen LogP contribution < -0.4 is 0 Å². The van der Waals surface area contributed by atoms with Crippen molar-refractivity contribution in [2.75, 3.05) is 0 Å². The molecule has 0 aliphatic heterocycles. The SMILES string of the molecule is CCCn1ccnc1CC(=O)c1ccc(Cl)cn1. The molecule has 2 aromatic rings. The van der Waals surface area contributed by atoms with Crippen LogP contribution in [0.4, 0.5) is 0 Å². The van der Waals surface area contributed by atoms with Gasteiger partial charge in [0, 0.05) is 25.1 Å². The first-order chi connectivity index (χ1) is 8.70. The number of hydrogen-bond acceptors (Lipinski definition) is 3. The van der Waals surface area contributed by atoms with Crippen LogP contribution in [0.3, 0.4) is 0 Å². The molecule has 0 aliphatic carbocycles. The third kappa shape index (κ3) is 2.96. The predicted octanol–water partition coefficient (Wildman–Crippen LogP) is 2.77.